The van der Waals surface area contributed by atoms with Gasteiger partial charge in [0.25, 0.3) is 5.91 Å². The Hall–Kier alpha value is -3.17. The predicted molar refractivity (Wildman–Crippen MR) is 122 cm³/mol. The first-order chi connectivity index (χ1) is 14.8. The van der Waals surface area contributed by atoms with Crippen molar-refractivity contribution < 1.29 is 17.9 Å². The third-order valence-electron chi connectivity index (χ3n) is 4.83. The highest BCUT2D eigenvalue weighted by Crippen LogP contribution is 2.36. The maximum atomic E-state index is 13.2. The van der Waals surface area contributed by atoms with E-state index in [2.05, 4.69) is 9.82 Å². The molecule has 1 aromatic heterocycles. The summed E-state index contributed by atoms with van der Waals surface area (Å²) in [5.74, 6) is 0.525. The van der Waals surface area contributed by atoms with E-state index >= 15 is 0 Å². The minimum Gasteiger partial charge on any atom is -0.497 e. The van der Waals surface area contributed by atoms with Crippen LogP contribution in [0, 0.1) is 0 Å². The lowest BCUT2D eigenvalue weighted by atomic mass is 9.98. The van der Waals surface area contributed by atoms with Crippen LogP contribution in [-0.4, -0.2) is 38.4 Å². The fourth-order valence-corrected chi connectivity index (χ4v) is 4.68. The summed E-state index contributed by atoms with van der Waals surface area (Å²) in [5.41, 5.74) is 2.81. The first-order valence-electron chi connectivity index (χ1n) is 9.51. The van der Waals surface area contributed by atoms with Crippen molar-refractivity contribution >= 4 is 38.7 Å². The monoisotopic (exact) mass is 455 g/mol. The average molecular weight is 456 g/mol. The quantitative estimate of drug-likeness (QED) is 0.606. The highest BCUT2D eigenvalue weighted by molar-refractivity contribution is 7.92. The Morgan fingerprint density at radius 3 is 2.68 bits per heavy atom. The van der Waals surface area contributed by atoms with Gasteiger partial charge in [0.15, 0.2) is 0 Å². The number of ether oxygens (including phenoxy) is 1. The van der Waals surface area contributed by atoms with E-state index in [1.807, 2.05) is 41.8 Å². The summed E-state index contributed by atoms with van der Waals surface area (Å²) in [7, 11) is -1.80. The molecule has 1 amide bonds. The molecule has 0 saturated heterocycles. The molecule has 31 heavy (non-hydrogen) atoms. The van der Waals surface area contributed by atoms with Crippen molar-refractivity contribution in [3.8, 4) is 5.75 Å². The van der Waals surface area contributed by atoms with Crippen molar-refractivity contribution in [2.24, 2.45) is 5.10 Å². The first-order valence-corrected chi connectivity index (χ1v) is 12.3. The van der Waals surface area contributed by atoms with Crippen molar-refractivity contribution in [3.63, 3.8) is 0 Å². The maximum Gasteiger partial charge on any atom is 0.284 e. The van der Waals surface area contributed by atoms with Crippen LogP contribution in [0.2, 0.25) is 0 Å². The van der Waals surface area contributed by atoms with Gasteiger partial charge in [-0.2, -0.15) is 5.10 Å². The Bertz CT molecular complexity index is 1240. The fraction of sp³-hybridized carbons (Fsp3) is 0.182. The van der Waals surface area contributed by atoms with Crippen LogP contribution < -0.4 is 9.46 Å². The zero-order valence-electron chi connectivity index (χ0n) is 17.0. The molecule has 1 aliphatic heterocycles. The molecule has 1 N–H and O–H groups in total. The topological polar surface area (TPSA) is 88.1 Å². The number of nitrogens with one attached hydrogen (secondary N) is 1. The summed E-state index contributed by atoms with van der Waals surface area (Å²) in [6.45, 7) is 0. The number of carbonyl (C=O) groups excluding carboxylic acids is 1. The van der Waals surface area contributed by atoms with Gasteiger partial charge in [-0.15, -0.1) is 11.3 Å². The van der Waals surface area contributed by atoms with Gasteiger partial charge in [0, 0.05) is 12.1 Å². The molecule has 1 atom stereocenters. The van der Waals surface area contributed by atoms with Gasteiger partial charge in [0.1, 0.15) is 5.75 Å². The van der Waals surface area contributed by atoms with Gasteiger partial charge < -0.3 is 4.74 Å². The van der Waals surface area contributed by atoms with Crippen LogP contribution >= 0.6 is 11.3 Å². The Labute approximate surface area is 185 Å². The third kappa shape index (κ3) is 4.78. The summed E-state index contributed by atoms with van der Waals surface area (Å²) in [6, 6.07) is 17.9. The number of benzene rings is 2. The Morgan fingerprint density at radius 2 is 1.97 bits per heavy atom. The van der Waals surface area contributed by atoms with Gasteiger partial charge in [-0.1, -0.05) is 30.3 Å². The lowest BCUT2D eigenvalue weighted by Crippen LogP contribution is -2.26. The van der Waals surface area contributed by atoms with E-state index in [0.717, 1.165) is 17.4 Å². The summed E-state index contributed by atoms with van der Waals surface area (Å²) in [5, 5.41) is 8.02. The van der Waals surface area contributed by atoms with Gasteiger partial charge in [0.2, 0.25) is 10.0 Å². The third-order valence-corrected chi connectivity index (χ3v) is 6.29. The normalized spacial score (nSPS) is 16.1. The van der Waals surface area contributed by atoms with Crippen molar-refractivity contribution in [1.82, 2.24) is 5.01 Å². The van der Waals surface area contributed by atoms with E-state index in [4.69, 9.17) is 4.74 Å². The number of hydrogen-bond acceptors (Lipinski definition) is 6. The molecular formula is C22H21N3O4S2. The highest BCUT2D eigenvalue weighted by Gasteiger charge is 2.34. The smallest absolute Gasteiger partial charge is 0.284 e. The standard InChI is InChI=1S/C22H21N3O4S2/c1-29-18-9-4-7-16(13-18)20-14-19(23-25(20)22(26)21-10-5-11-30-21)15-6-3-8-17(12-15)24-31(2,27)28/h3-13,20,24H,14H2,1-2H3/t20-/m0/s1. The van der Waals surface area contributed by atoms with Crippen molar-refractivity contribution in [2.45, 2.75) is 12.5 Å². The molecule has 0 spiro atoms. The average Bonchev–Trinajstić information content (AvgIpc) is 3.43. The molecule has 0 aliphatic carbocycles. The molecule has 0 bridgehead atoms. The Balaban J connectivity index is 1.72. The molecule has 2 heterocycles. The summed E-state index contributed by atoms with van der Waals surface area (Å²) < 4.78 is 31.0. The number of rotatable bonds is 6. The van der Waals surface area contributed by atoms with Crippen LogP contribution in [0.1, 0.15) is 33.3 Å². The van der Waals surface area contributed by atoms with E-state index in [1.165, 1.54) is 16.3 Å². The molecule has 4 rings (SSSR count). The van der Waals surface area contributed by atoms with Gasteiger partial charge >= 0.3 is 0 Å². The van der Waals surface area contributed by atoms with Crippen LogP contribution in [0.3, 0.4) is 0 Å². The van der Waals surface area contributed by atoms with Crippen molar-refractivity contribution in [2.75, 3.05) is 18.1 Å². The molecule has 160 valence electrons. The van der Waals surface area contributed by atoms with Gasteiger partial charge in [-0.25, -0.2) is 13.4 Å². The number of nitrogens with zero attached hydrogens (tertiary/aromatic N) is 2. The molecular weight excluding hydrogens is 434 g/mol. The second-order valence-electron chi connectivity index (χ2n) is 7.13. The number of thiophene rings is 1. The van der Waals surface area contributed by atoms with Crippen LogP contribution in [-0.2, 0) is 10.0 Å². The van der Waals surface area contributed by atoms with E-state index in [0.29, 0.717) is 28.4 Å². The molecule has 2 aromatic carbocycles. The first kappa shape index (κ1) is 21.1. The number of amides is 1. The number of hydrogen-bond donors (Lipinski definition) is 1. The van der Waals surface area contributed by atoms with Crippen LogP contribution in [0.15, 0.2) is 71.1 Å². The summed E-state index contributed by atoms with van der Waals surface area (Å²) in [4.78, 5) is 13.8. The van der Waals surface area contributed by atoms with E-state index in [9.17, 15) is 13.2 Å². The van der Waals surface area contributed by atoms with E-state index in [-0.39, 0.29) is 11.9 Å². The van der Waals surface area contributed by atoms with Crippen LogP contribution in [0.5, 0.6) is 5.75 Å². The van der Waals surface area contributed by atoms with Gasteiger partial charge in [-0.05, 0) is 46.8 Å². The SMILES string of the molecule is COc1cccc([C@@H]2CC(c3cccc(NS(C)(=O)=O)c3)=NN2C(=O)c2cccs2)c1. The molecule has 0 unspecified atom stereocenters. The maximum absolute atomic E-state index is 13.2. The van der Waals surface area contributed by atoms with Gasteiger partial charge in [-0.3, -0.25) is 9.52 Å². The van der Waals surface area contributed by atoms with E-state index < -0.39 is 10.0 Å². The van der Waals surface area contributed by atoms with Gasteiger partial charge in [0.05, 0.1) is 30.0 Å². The molecule has 0 radical (unpaired) electrons. The molecule has 9 heteroatoms. The number of anilines is 1. The summed E-state index contributed by atoms with van der Waals surface area (Å²) >= 11 is 1.37. The minimum atomic E-state index is -3.40. The van der Waals surface area contributed by atoms with E-state index in [1.54, 1.807) is 31.4 Å². The predicted octanol–water partition coefficient (Wildman–Crippen LogP) is 4.12. The van der Waals surface area contributed by atoms with Crippen molar-refractivity contribution in [3.05, 3.63) is 82.0 Å². The van der Waals surface area contributed by atoms with Crippen LogP contribution in [0.4, 0.5) is 5.69 Å². The molecule has 7 nitrogen and oxygen atoms in total. The lowest BCUT2D eigenvalue weighted by Gasteiger charge is -2.21. The Morgan fingerprint density at radius 1 is 1.16 bits per heavy atom. The Kier molecular flexibility index (Phi) is 5.79. The lowest BCUT2D eigenvalue weighted by molar-refractivity contribution is 0.0716. The second kappa shape index (κ2) is 8.52. The largest absolute Gasteiger partial charge is 0.497 e. The second-order valence-corrected chi connectivity index (χ2v) is 9.82. The number of methoxy groups -OCH3 is 1. The minimum absolute atomic E-state index is 0.178. The zero-order chi connectivity index (χ0) is 22.0. The number of sulfonamides is 1. The molecule has 3 aromatic rings. The zero-order valence-corrected chi connectivity index (χ0v) is 18.6. The molecule has 0 saturated carbocycles. The molecule has 1 aliphatic rings. The number of carbonyl (C=O) groups is 1. The van der Waals surface area contributed by atoms with Crippen molar-refractivity contribution in [1.29, 1.82) is 0 Å². The highest BCUT2D eigenvalue weighted by atomic mass is 32.2. The molecule has 0 fully saturated rings. The number of hydrazone groups is 1. The fourth-order valence-electron chi connectivity index (χ4n) is 3.47. The summed E-state index contributed by atoms with van der Waals surface area (Å²) in [6.07, 6.45) is 1.60. The van der Waals surface area contributed by atoms with Crippen LogP contribution in [0.25, 0.3) is 0 Å².